The van der Waals surface area contributed by atoms with Crippen molar-refractivity contribution >= 4 is 17.4 Å². The van der Waals surface area contributed by atoms with Gasteiger partial charge in [-0.1, -0.05) is 13.0 Å². The van der Waals surface area contributed by atoms with Gasteiger partial charge in [0.15, 0.2) is 0 Å². The number of rotatable bonds is 6. The molecule has 0 saturated heterocycles. The molecule has 2 aromatic heterocycles. The molecule has 0 saturated carbocycles. The molecule has 0 fully saturated rings. The molecule has 0 aromatic carbocycles. The Morgan fingerprint density at radius 2 is 2.12 bits per heavy atom. The van der Waals surface area contributed by atoms with E-state index in [1.165, 1.54) is 0 Å². The van der Waals surface area contributed by atoms with Crippen molar-refractivity contribution in [1.82, 2.24) is 20.2 Å². The number of urea groups is 1. The van der Waals surface area contributed by atoms with Crippen molar-refractivity contribution in [2.24, 2.45) is 0 Å². The smallest absolute Gasteiger partial charge is 0.317 e. The van der Waals surface area contributed by atoms with Gasteiger partial charge in [0, 0.05) is 30.4 Å². The number of aromatic nitrogens is 2. The molecule has 0 radical (unpaired) electrons. The number of carbonyl (C=O) groups excluding carboxylic acids is 1. The van der Waals surface area contributed by atoms with Gasteiger partial charge in [0.25, 0.3) is 0 Å². The molecule has 6 heteroatoms. The molecular formula is C18H26N4OS. The number of hydrogen-bond donors (Lipinski definition) is 1. The van der Waals surface area contributed by atoms with Crippen LogP contribution < -0.4 is 5.32 Å². The van der Waals surface area contributed by atoms with E-state index in [9.17, 15) is 4.79 Å². The molecule has 5 nitrogen and oxygen atoms in total. The van der Waals surface area contributed by atoms with E-state index in [1.54, 1.807) is 16.2 Å². The van der Waals surface area contributed by atoms with Crippen LogP contribution in [-0.2, 0) is 12.8 Å². The van der Waals surface area contributed by atoms with Crippen molar-refractivity contribution in [1.29, 1.82) is 0 Å². The number of thiazole rings is 1. The van der Waals surface area contributed by atoms with E-state index < -0.39 is 0 Å². The van der Waals surface area contributed by atoms with Crippen molar-refractivity contribution in [3.05, 3.63) is 45.2 Å². The van der Waals surface area contributed by atoms with Gasteiger partial charge in [-0.2, -0.15) is 0 Å². The van der Waals surface area contributed by atoms with Crippen LogP contribution >= 0.6 is 11.3 Å². The zero-order valence-electron chi connectivity index (χ0n) is 15.1. The summed E-state index contributed by atoms with van der Waals surface area (Å²) >= 11 is 1.69. The fourth-order valence-electron chi connectivity index (χ4n) is 2.44. The van der Waals surface area contributed by atoms with Crippen LogP contribution in [0.25, 0.3) is 0 Å². The van der Waals surface area contributed by atoms with E-state index in [1.807, 2.05) is 46.1 Å². The molecule has 130 valence electrons. The standard InChI is InChI=1S/C18H26N4OS/c1-6-16-21-13(3)17(24-16)14(4)22(5)18(23)19-10-9-15-8-7-12(2)20-11-15/h7-8,11,14H,6,9-10H2,1-5H3,(H,19,23)/t14-/m0/s1. The predicted molar refractivity (Wildman–Crippen MR) is 98.5 cm³/mol. The van der Waals surface area contributed by atoms with Gasteiger partial charge in [-0.25, -0.2) is 9.78 Å². The molecule has 2 amide bonds. The zero-order chi connectivity index (χ0) is 17.7. The highest BCUT2D eigenvalue weighted by Crippen LogP contribution is 2.28. The van der Waals surface area contributed by atoms with Gasteiger partial charge in [0.2, 0.25) is 0 Å². The summed E-state index contributed by atoms with van der Waals surface area (Å²) < 4.78 is 0. The summed E-state index contributed by atoms with van der Waals surface area (Å²) in [5, 5.41) is 4.10. The van der Waals surface area contributed by atoms with E-state index in [2.05, 4.69) is 22.2 Å². The molecule has 0 unspecified atom stereocenters. The highest BCUT2D eigenvalue weighted by atomic mass is 32.1. The molecule has 2 rings (SSSR count). The van der Waals surface area contributed by atoms with E-state index in [0.717, 1.165) is 39.7 Å². The molecular weight excluding hydrogens is 320 g/mol. The number of aryl methyl sites for hydroxylation is 3. The van der Waals surface area contributed by atoms with Crippen LogP contribution in [0.5, 0.6) is 0 Å². The largest absolute Gasteiger partial charge is 0.338 e. The van der Waals surface area contributed by atoms with Gasteiger partial charge in [-0.3, -0.25) is 4.98 Å². The highest BCUT2D eigenvalue weighted by molar-refractivity contribution is 7.11. The Morgan fingerprint density at radius 3 is 2.71 bits per heavy atom. The van der Waals surface area contributed by atoms with Gasteiger partial charge in [0.05, 0.1) is 16.7 Å². The van der Waals surface area contributed by atoms with Crippen LogP contribution in [0.3, 0.4) is 0 Å². The summed E-state index contributed by atoms with van der Waals surface area (Å²) in [6.07, 6.45) is 3.57. The minimum Gasteiger partial charge on any atom is -0.338 e. The Hall–Kier alpha value is -1.95. The average Bonchev–Trinajstić information content (AvgIpc) is 2.96. The third kappa shape index (κ3) is 4.54. The molecule has 2 heterocycles. The number of carbonyl (C=O) groups is 1. The topological polar surface area (TPSA) is 58.1 Å². The van der Waals surface area contributed by atoms with Crippen LogP contribution in [0.15, 0.2) is 18.3 Å². The first-order chi connectivity index (χ1) is 11.4. The van der Waals surface area contributed by atoms with Gasteiger partial charge in [-0.15, -0.1) is 11.3 Å². The molecule has 2 aromatic rings. The molecule has 0 spiro atoms. The second-order valence-electron chi connectivity index (χ2n) is 5.99. The lowest BCUT2D eigenvalue weighted by Crippen LogP contribution is -2.39. The first-order valence-corrected chi connectivity index (χ1v) is 9.12. The Balaban J connectivity index is 1.88. The number of nitrogens with zero attached hydrogens (tertiary/aromatic N) is 3. The minimum absolute atomic E-state index is 0.0174. The molecule has 1 N–H and O–H groups in total. The second kappa shape index (κ2) is 8.24. The van der Waals surface area contributed by atoms with E-state index in [4.69, 9.17) is 0 Å². The summed E-state index contributed by atoms with van der Waals surface area (Å²) in [4.78, 5) is 24.1. The van der Waals surface area contributed by atoms with Crippen molar-refractivity contribution < 1.29 is 4.79 Å². The first kappa shape index (κ1) is 18.4. The summed E-state index contributed by atoms with van der Waals surface area (Å²) in [6, 6.07) is 3.99. The quantitative estimate of drug-likeness (QED) is 0.868. The summed E-state index contributed by atoms with van der Waals surface area (Å²) in [5.74, 6) is 0. The van der Waals surface area contributed by atoms with Gasteiger partial charge in [0.1, 0.15) is 0 Å². The number of pyridine rings is 1. The lowest BCUT2D eigenvalue weighted by Gasteiger charge is -2.24. The predicted octanol–water partition coefficient (Wildman–Crippen LogP) is 3.66. The number of hydrogen-bond acceptors (Lipinski definition) is 4. The fraction of sp³-hybridized carbons (Fsp3) is 0.500. The van der Waals surface area contributed by atoms with Crippen molar-refractivity contribution in [2.45, 2.75) is 46.6 Å². The van der Waals surface area contributed by atoms with Gasteiger partial charge in [-0.05, 0) is 45.2 Å². The van der Waals surface area contributed by atoms with Gasteiger partial charge < -0.3 is 10.2 Å². The summed E-state index contributed by atoms with van der Waals surface area (Å²) in [7, 11) is 1.83. The molecule has 0 aliphatic rings. The van der Waals surface area contributed by atoms with Crippen molar-refractivity contribution in [2.75, 3.05) is 13.6 Å². The summed E-state index contributed by atoms with van der Waals surface area (Å²) in [6.45, 7) is 8.72. The number of amides is 2. The highest BCUT2D eigenvalue weighted by Gasteiger charge is 2.21. The average molecular weight is 346 g/mol. The van der Waals surface area contributed by atoms with Crippen molar-refractivity contribution in [3.8, 4) is 0 Å². The van der Waals surface area contributed by atoms with Crippen LogP contribution in [0.4, 0.5) is 4.79 Å². The molecule has 0 aliphatic heterocycles. The minimum atomic E-state index is -0.0616. The monoisotopic (exact) mass is 346 g/mol. The van der Waals surface area contributed by atoms with E-state index >= 15 is 0 Å². The maximum Gasteiger partial charge on any atom is 0.317 e. The Morgan fingerprint density at radius 1 is 1.38 bits per heavy atom. The maximum absolute atomic E-state index is 12.4. The second-order valence-corrected chi connectivity index (χ2v) is 7.10. The molecule has 1 atom stereocenters. The van der Waals surface area contributed by atoms with Crippen molar-refractivity contribution in [3.63, 3.8) is 0 Å². The lowest BCUT2D eigenvalue weighted by atomic mass is 10.2. The maximum atomic E-state index is 12.4. The zero-order valence-corrected chi connectivity index (χ0v) is 15.9. The Labute approximate surface area is 148 Å². The van der Waals surface area contributed by atoms with Gasteiger partial charge >= 0.3 is 6.03 Å². The van der Waals surface area contributed by atoms with Crippen LogP contribution in [0.2, 0.25) is 0 Å². The van der Waals surface area contributed by atoms with E-state index in [0.29, 0.717) is 6.54 Å². The molecule has 0 aliphatic carbocycles. The fourth-order valence-corrected chi connectivity index (χ4v) is 3.54. The first-order valence-electron chi connectivity index (χ1n) is 8.30. The molecule has 24 heavy (non-hydrogen) atoms. The normalized spacial score (nSPS) is 12.0. The van der Waals surface area contributed by atoms with E-state index in [-0.39, 0.29) is 12.1 Å². The summed E-state index contributed by atoms with van der Waals surface area (Å²) in [5.41, 5.74) is 3.15. The third-order valence-corrected chi connectivity index (χ3v) is 5.59. The Bertz CT molecular complexity index is 681. The Kier molecular flexibility index (Phi) is 6.31. The van der Waals surface area contributed by atoms with Crippen LogP contribution in [0.1, 0.15) is 46.7 Å². The number of nitrogens with one attached hydrogen (secondary N) is 1. The molecule has 0 bridgehead atoms. The third-order valence-electron chi connectivity index (χ3n) is 4.12. The SMILES string of the molecule is CCc1nc(C)c([C@H](C)N(C)C(=O)NCCc2ccc(C)nc2)s1. The van der Waals surface area contributed by atoms with Crippen LogP contribution in [0, 0.1) is 13.8 Å². The lowest BCUT2D eigenvalue weighted by molar-refractivity contribution is 0.195. The van der Waals surface area contributed by atoms with Crippen LogP contribution in [-0.4, -0.2) is 34.5 Å².